The van der Waals surface area contributed by atoms with Crippen LogP contribution in [0.15, 0.2) is 18.5 Å². The van der Waals surface area contributed by atoms with E-state index >= 15 is 0 Å². The van der Waals surface area contributed by atoms with Gasteiger partial charge in [0.15, 0.2) is 0 Å². The number of hydrogen-bond acceptors (Lipinski definition) is 4. The maximum atomic E-state index is 13.9. The van der Waals surface area contributed by atoms with E-state index in [0.717, 1.165) is 0 Å². The molecule has 3 rings (SSSR count). The minimum Gasteiger partial charge on any atom is -0.375 e. The minimum absolute atomic E-state index is 0.108. The van der Waals surface area contributed by atoms with Crippen LogP contribution in [-0.2, 0) is 0 Å². The van der Waals surface area contributed by atoms with Crippen LogP contribution in [0.3, 0.4) is 0 Å². The summed E-state index contributed by atoms with van der Waals surface area (Å²) in [4.78, 5) is 18.5. The molecule has 8 heteroatoms. The van der Waals surface area contributed by atoms with Crippen LogP contribution >= 0.6 is 0 Å². The van der Waals surface area contributed by atoms with E-state index in [9.17, 15) is 13.6 Å². The second kappa shape index (κ2) is 4.96. The highest BCUT2D eigenvalue weighted by molar-refractivity contribution is 6.06. The standard InChI is InChI=1S/C13H15F2N5O/c14-13(15)6-17-3-2-9(13)20-10-7-1-4-18-12(7)19-5-8(10)11(16)21/h1,4-5,9,17H,2-3,6H2,(H2,16,21)(H2,18,19,20). The number of H-pyrrole nitrogens is 1. The number of pyridine rings is 1. The predicted octanol–water partition coefficient (Wildman–Crippen LogP) is 1.07. The Kier molecular flexibility index (Phi) is 3.25. The maximum Gasteiger partial charge on any atom is 0.279 e. The Balaban J connectivity index is 2.04. The van der Waals surface area contributed by atoms with Gasteiger partial charge in [-0.05, 0) is 19.0 Å². The normalized spacial score (nSPS) is 21.3. The van der Waals surface area contributed by atoms with Crippen LogP contribution in [0.2, 0.25) is 0 Å². The Hall–Kier alpha value is -2.22. The summed E-state index contributed by atoms with van der Waals surface area (Å²) < 4.78 is 27.9. The summed E-state index contributed by atoms with van der Waals surface area (Å²) in [5, 5.41) is 6.03. The molecule has 0 aromatic carbocycles. The minimum atomic E-state index is -2.90. The summed E-state index contributed by atoms with van der Waals surface area (Å²) in [6.07, 6.45) is 3.18. The number of anilines is 1. The summed E-state index contributed by atoms with van der Waals surface area (Å²) in [7, 11) is 0. The Morgan fingerprint density at radius 1 is 1.52 bits per heavy atom. The number of nitrogens with one attached hydrogen (secondary N) is 3. The molecule has 3 heterocycles. The van der Waals surface area contributed by atoms with Crippen molar-refractivity contribution in [2.75, 3.05) is 18.4 Å². The third-order valence-corrected chi connectivity index (χ3v) is 3.65. The Morgan fingerprint density at radius 2 is 2.33 bits per heavy atom. The molecular weight excluding hydrogens is 280 g/mol. The second-order valence-electron chi connectivity index (χ2n) is 5.07. The summed E-state index contributed by atoms with van der Waals surface area (Å²) in [5.41, 5.74) is 6.25. The van der Waals surface area contributed by atoms with Gasteiger partial charge >= 0.3 is 0 Å². The Bertz CT molecular complexity index is 684. The van der Waals surface area contributed by atoms with Gasteiger partial charge in [0.05, 0.1) is 23.8 Å². The molecule has 112 valence electrons. The molecule has 1 unspecified atom stereocenters. The summed E-state index contributed by atoms with van der Waals surface area (Å²) in [5.74, 6) is -3.61. The molecule has 2 aromatic heterocycles. The number of carbonyl (C=O) groups is 1. The average molecular weight is 295 g/mol. The fourth-order valence-electron chi connectivity index (χ4n) is 2.54. The highest BCUT2D eigenvalue weighted by Crippen LogP contribution is 2.31. The highest BCUT2D eigenvalue weighted by atomic mass is 19.3. The number of hydrogen-bond donors (Lipinski definition) is 4. The van der Waals surface area contributed by atoms with Gasteiger partial charge in [0.2, 0.25) is 0 Å². The number of alkyl halides is 2. The lowest BCUT2D eigenvalue weighted by atomic mass is 10.0. The third-order valence-electron chi connectivity index (χ3n) is 3.65. The fourth-order valence-corrected chi connectivity index (χ4v) is 2.54. The van der Waals surface area contributed by atoms with E-state index in [4.69, 9.17) is 5.73 Å². The number of rotatable bonds is 3. The van der Waals surface area contributed by atoms with Crippen LogP contribution in [0.5, 0.6) is 0 Å². The van der Waals surface area contributed by atoms with E-state index < -0.39 is 24.4 Å². The molecule has 1 aliphatic rings. The van der Waals surface area contributed by atoms with Crippen molar-refractivity contribution in [3.63, 3.8) is 0 Å². The van der Waals surface area contributed by atoms with Gasteiger partial charge in [0.25, 0.3) is 11.8 Å². The van der Waals surface area contributed by atoms with Gasteiger partial charge in [-0.15, -0.1) is 0 Å². The monoisotopic (exact) mass is 295 g/mol. The van der Waals surface area contributed by atoms with Crippen molar-refractivity contribution in [2.45, 2.75) is 18.4 Å². The SMILES string of the molecule is NC(=O)c1cnc2[nH]ccc2c1NC1CCNCC1(F)F. The molecule has 0 bridgehead atoms. The largest absolute Gasteiger partial charge is 0.375 e. The summed E-state index contributed by atoms with van der Waals surface area (Å²) in [6.45, 7) is 0.0957. The van der Waals surface area contributed by atoms with Crippen LogP contribution in [0, 0.1) is 0 Å². The molecule has 5 N–H and O–H groups in total. The lowest BCUT2D eigenvalue weighted by Gasteiger charge is -2.33. The van der Waals surface area contributed by atoms with Crippen molar-refractivity contribution in [1.29, 1.82) is 0 Å². The molecule has 0 saturated carbocycles. The number of nitrogens with zero attached hydrogens (tertiary/aromatic N) is 1. The first-order valence-corrected chi connectivity index (χ1v) is 6.60. The van der Waals surface area contributed by atoms with Crippen molar-refractivity contribution < 1.29 is 13.6 Å². The van der Waals surface area contributed by atoms with Gasteiger partial charge in [0.1, 0.15) is 5.65 Å². The van der Waals surface area contributed by atoms with Gasteiger partial charge in [-0.1, -0.05) is 0 Å². The van der Waals surface area contributed by atoms with Crippen molar-refractivity contribution in [1.82, 2.24) is 15.3 Å². The molecule has 0 spiro atoms. The second-order valence-corrected chi connectivity index (χ2v) is 5.07. The van der Waals surface area contributed by atoms with Crippen LogP contribution in [0.4, 0.5) is 14.5 Å². The third kappa shape index (κ3) is 2.42. The van der Waals surface area contributed by atoms with Gasteiger partial charge in [-0.25, -0.2) is 13.8 Å². The van der Waals surface area contributed by atoms with E-state index in [1.807, 2.05) is 0 Å². The molecule has 0 radical (unpaired) electrons. The number of piperidine rings is 1. The molecule has 1 amide bonds. The van der Waals surface area contributed by atoms with E-state index in [-0.39, 0.29) is 12.0 Å². The zero-order valence-electron chi connectivity index (χ0n) is 11.1. The number of halogens is 2. The van der Waals surface area contributed by atoms with Crippen LogP contribution < -0.4 is 16.4 Å². The van der Waals surface area contributed by atoms with E-state index in [0.29, 0.717) is 23.3 Å². The smallest absolute Gasteiger partial charge is 0.279 e. The number of fused-ring (bicyclic) bond motifs is 1. The molecule has 0 aliphatic carbocycles. The van der Waals surface area contributed by atoms with Gasteiger partial charge < -0.3 is 21.4 Å². The molecule has 21 heavy (non-hydrogen) atoms. The number of nitrogens with two attached hydrogens (primary N) is 1. The molecule has 1 fully saturated rings. The zero-order chi connectivity index (χ0) is 15.0. The van der Waals surface area contributed by atoms with Gasteiger partial charge in [0, 0.05) is 17.8 Å². The molecule has 2 aromatic rings. The maximum absolute atomic E-state index is 13.9. The summed E-state index contributed by atoms with van der Waals surface area (Å²) >= 11 is 0. The molecule has 1 aliphatic heterocycles. The first-order valence-electron chi connectivity index (χ1n) is 6.60. The van der Waals surface area contributed by atoms with Crippen LogP contribution in [-0.4, -0.2) is 40.9 Å². The predicted molar refractivity (Wildman–Crippen MR) is 74.5 cm³/mol. The van der Waals surface area contributed by atoms with E-state index in [2.05, 4.69) is 20.6 Å². The fraction of sp³-hybridized carbons (Fsp3) is 0.385. The zero-order valence-corrected chi connectivity index (χ0v) is 11.1. The molecule has 6 nitrogen and oxygen atoms in total. The van der Waals surface area contributed by atoms with Gasteiger partial charge in [-0.2, -0.15) is 0 Å². The topological polar surface area (TPSA) is 95.8 Å². The summed E-state index contributed by atoms with van der Waals surface area (Å²) in [6, 6.07) is 0.619. The first-order chi connectivity index (χ1) is 9.99. The Labute approximate surface area is 119 Å². The lowest BCUT2D eigenvalue weighted by molar-refractivity contribution is -0.0321. The van der Waals surface area contributed by atoms with Crippen molar-refractivity contribution >= 4 is 22.6 Å². The molecule has 1 atom stereocenters. The molecular formula is C13H15F2N5O. The quantitative estimate of drug-likeness (QED) is 0.681. The van der Waals surface area contributed by atoms with Crippen molar-refractivity contribution in [2.24, 2.45) is 5.73 Å². The van der Waals surface area contributed by atoms with Crippen molar-refractivity contribution in [3.8, 4) is 0 Å². The van der Waals surface area contributed by atoms with Crippen LogP contribution in [0.1, 0.15) is 16.8 Å². The van der Waals surface area contributed by atoms with E-state index in [1.165, 1.54) is 6.20 Å². The number of aromatic nitrogens is 2. The number of carbonyl (C=O) groups excluding carboxylic acids is 1. The number of amides is 1. The van der Waals surface area contributed by atoms with E-state index in [1.54, 1.807) is 12.3 Å². The number of primary amides is 1. The Morgan fingerprint density at radius 3 is 3.05 bits per heavy atom. The molecule has 1 saturated heterocycles. The van der Waals surface area contributed by atoms with Crippen LogP contribution in [0.25, 0.3) is 11.0 Å². The van der Waals surface area contributed by atoms with Gasteiger partial charge in [-0.3, -0.25) is 4.79 Å². The first kappa shape index (κ1) is 13.7. The number of aromatic amines is 1. The highest BCUT2D eigenvalue weighted by Gasteiger charge is 2.42. The average Bonchev–Trinajstić information content (AvgIpc) is 2.89. The van der Waals surface area contributed by atoms with Crippen molar-refractivity contribution in [3.05, 3.63) is 24.0 Å². The lowest BCUT2D eigenvalue weighted by Crippen LogP contribution is -2.53.